The predicted molar refractivity (Wildman–Crippen MR) is 132 cm³/mol. The van der Waals surface area contributed by atoms with Crippen LogP contribution in [0.4, 0.5) is 5.69 Å². The van der Waals surface area contributed by atoms with Crippen LogP contribution in [0.15, 0.2) is 48.5 Å². The third-order valence-electron chi connectivity index (χ3n) is 5.51. The van der Waals surface area contributed by atoms with E-state index >= 15 is 0 Å². The smallest absolute Gasteiger partial charge is 0.305 e. The second-order valence-electron chi connectivity index (χ2n) is 8.92. The van der Waals surface area contributed by atoms with Gasteiger partial charge in [0.15, 0.2) is 5.78 Å². The van der Waals surface area contributed by atoms with E-state index < -0.39 is 0 Å². The first-order valence-corrected chi connectivity index (χ1v) is 11.5. The van der Waals surface area contributed by atoms with Crippen LogP contribution in [0.5, 0.6) is 5.75 Å². The third kappa shape index (κ3) is 6.70. The van der Waals surface area contributed by atoms with E-state index in [0.29, 0.717) is 24.3 Å². The number of methoxy groups -OCH3 is 1. The Morgan fingerprint density at radius 3 is 2.65 bits per heavy atom. The van der Waals surface area contributed by atoms with Gasteiger partial charge in [-0.25, -0.2) is 0 Å². The highest BCUT2D eigenvalue weighted by Gasteiger charge is 2.28. The molecule has 1 amide bonds. The summed E-state index contributed by atoms with van der Waals surface area (Å²) in [4.78, 5) is 36.8. The second-order valence-corrected chi connectivity index (χ2v) is 8.92. The molecule has 0 fully saturated rings. The zero-order valence-electron chi connectivity index (χ0n) is 20.2. The molecule has 7 heteroatoms. The van der Waals surface area contributed by atoms with Crippen molar-refractivity contribution in [1.82, 2.24) is 5.32 Å². The Balaban J connectivity index is 1.73. The van der Waals surface area contributed by atoms with Crippen LogP contribution in [0.25, 0.3) is 5.70 Å². The largest absolute Gasteiger partial charge is 0.497 e. The molecule has 0 spiro atoms. The van der Waals surface area contributed by atoms with E-state index in [2.05, 4.69) is 24.5 Å². The van der Waals surface area contributed by atoms with Gasteiger partial charge in [0.05, 0.1) is 13.7 Å². The topological polar surface area (TPSA) is 93.7 Å². The maximum absolute atomic E-state index is 13.1. The molecule has 0 radical (unpaired) electrons. The normalized spacial score (nSPS) is 15.1. The van der Waals surface area contributed by atoms with Crippen molar-refractivity contribution < 1.29 is 23.9 Å². The molecule has 0 atom stereocenters. The van der Waals surface area contributed by atoms with E-state index in [1.165, 1.54) is 0 Å². The summed E-state index contributed by atoms with van der Waals surface area (Å²) in [6, 6.07) is 12.7. The van der Waals surface area contributed by atoms with Crippen LogP contribution in [0.1, 0.15) is 61.5 Å². The molecular formula is C27H32N2O5. The van der Waals surface area contributed by atoms with E-state index in [-0.39, 0.29) is 36.0 Å². The first-order chi connectivity index (χ1) is 16.2. The monoisotopic (exact) mass is 464 g/mol. The van der Waals surface area contributed by atoms with Crippen molar-refractivity contribution in [2.75, 3.05) is 19.0 Å². The lowest BCUT2D eigenvalue weighted by molar-refractivity contribution is -0.143. The van der Waals surface area contributed by atoms with E-state index in [0.717, 1.165) is 29.0 Å². The molecule has 180 valence electrons. The maximum Gasteiger partial charge on any atom is 0.305 e. The van der Waals surface area contributed by atoms with Crippen LogP contribution < -0.4 is 15.4 Å². The molecule has 34 heavy (non-hydrogen) atoms. The first-order valence-electron chi connectivity index (χ1n) is 11.5. The summed E-state index contributed by atoms with van der Waals surface area (Å²) >= 11 is 0. The number of esters is 1. The summed E-state index contributed by atoms with van der Waals surface area (Å²) in [6.45, 7) is 6.26. The van der Waals surface area contributed by atoms with Crippen LogP contribution in [-0.4, -0.2) is 36.9 Å². The van der Waals surface area contributed by atoms with Crippen molar-refractivity contribution in [2.45, 2.75) is 52.0 Å². The molecule has 0 saturated carbocycles. The van der Waals surface area contributed by atoms with Crippen LogP contribution in [0.3, 0.4) is 0 Å². The number of carbonyl (C=O) groups excluding carboxylic acids is 3. The Morgan fingerprint density at radius 1 is 1.12 bits per heavy atom. The highest BCUT2D eigenvalue weighted by atomic mass is 16.5. The number of allylic oxidation sites excluding steroid dienone is 1. The molecule has 2 aromatic carbocycles. The van der Waals surface area contributed by atoms with Crippen molar-refractivity contribution in [1.29, 1.82) is 0 Å². The second kappa shape index (κ2) is 11.0. The summed E-state index contributed by atoms with van der Waals surface area (Å²) in [7, 11) is 1.62. The number of hydrogen-bond donors (Lipinski definition) is 2. The predicted octanol–water partition coefficient (Wildman–Crippen LogP) is 4.52. The molecule has 0 saturated heterocycles. The van der Waals surface area contributed by atoms with Crippen LogP contribution in [0.2, 0.25) is 0 Å². The maximum atomic E-state index is 13.1. The molecule has 7 nitrogen and oxygen atoms in total. The summed E-state index contributed by atoms with van der Waals surface area (Å²) < 4.78 is 10.2. The van der Waals surface area contributed by atoms with Gasteiger partial charge in [-0.3, -0.25) is 14.4 Å². The number of ketones is 1. The molecule has 3 rings (SSSR count). The van der Waals surface area contributed by atoms with Gasteiger partial charge >= 0.3 is 5.97 Å². The summed E-state index contributed by atoms with van der Waals surface area (Å²) in [5, 5.41) is 6.26. The van der Waals surface area contributed by atoms with Gasteiger partial charge in [0, 0.05) is 47.0 Å². The number of rotatable bonds is 9. The highest BCUT2D eigenvalue weighted by Crippen LogP contribution is 2.32. The van der Waals surface area contributed by atoms with Crippen molar-refractivity contribution in [3.05, 3.63) is 65.2 Å². The van der Waals surface area contributed by atoms with E-state index in [4.69, 9.17) is 9.47 Å². The number of hydrogen-bond acceptors (Lipinski definition) is 6. The van der Waals surface area contributed by atoms with E-state index in [1.54, 1.807) is 44.4 Å². The number of amides is 1. The summed E-state index contributed by atoms with van der Waals surface area (Å²) in [5.41, 5.74) is 3.62. The Bertz CT molecular complexity index is 1100. The lowest BCUT2D eigenvalue weighted by atomic mass is 9.85. The van der Waals surface area contributed by atoms with Crippen molar-refractivity contribution in [3.8, 4) is 5.75 Å². The van der Waals surface area contributed by atoms with Gasteiger partial charge < -0.3 is 20.1 Å². The summed E-state index contributed by atoms with van der Waals surface area (Å²) in [5.74, 6) is 0.0252. The fourth-order valence-corrected chi connectivity index (χ4v) is 3.97. The molecule has 1 aliphatic rings. The standard InChI is InChI=1S/C27H32N2O5/c1-5-34-26(32)11-7-10-25(31)28-20-9-6-8-18(14-20)24(30)16-23-22-15-21(33-4)13-12-19(22)17-27(2,3)29-23/h6,8-9,12-16,29H,5,7,10-11,17H2,1-4H3,(H,28,31)/b23-16-. The Morgan fingerprint density at radius 2 is 1.91 bits per heavy atom. The minimum Gasteiger partial charge on any atom is -0.497 e. The number of fused-ring (bicyclic) bond motifs is 1. The van der Waals surface area contributed by atoms with E-state index in [1.807, 2.05) is 18.2 Å². The van der Waals surface area contributed by atoms with Crippen molar-refractivity contribution >= 4 is 29.0 Å². The Labute approximate surface area is 200 Å². The average Bonchev–Trinajstić information content (AvgIpc) is 2.78. The van der Waals surface area contributed by atoms with Gasteiger partial charge in [0.2, 0.25) is 5.91 Å². The molecule has 0 aliphatic carbocycles. The van der Waals surface area contributed by atoms with Gasteiger partial charge in [-0.05, 0) is 63.4 Å². The molecule has 2 aromatic rings. The molecule has 0 bridgehead atoms. The SMILES string of the molecule is CCOC(=O)CCCC(=O)Nc1cccc(C(=O)/C=C2\NC(C)(C)Cc3ccc(OC)cc32)c1. The zero-order chi connectivity index (χ0) is 24.7. The Hall–Kier alpha value is -3.61. The lowest BCUT2D eigenvalue weighted by Gasteiger charge is -2.35. The van der Waals surface area contributed by atoms with Gasteiger partial charge in [-0.15, -0.1) is 0 Å². The first kappa shape index (κ1) is 25.0. The lowest BCUT2D eigenvalue weighted by Crippen LogP contribution is -2.43. The number of nitrogens with one attached hydrogen (secondary N) is 2. The van der Waals surface area contributed by atoms with Gasteiger partial charge in [-0.2, -0.15) is 0 Å². The quantitative estimate of drug-likeness (QED) is 0.322. The minimum absolute atomic E-state index is 0.174. The van der Waals surface area contributed by atoms with Gasteiger partial charge in [0.1, 0.15) is 5.75 Å². The molecule has 1 aliphatic heterocycles. The number of ether oxygens (including phenoxy) is 2. The zero-order valence-corrected chi connectivity index (χ0v) is 20.2. The number of carbonyl (C=O) groups is 3. The molecular weight excluding hydrogens is 432 g/mol. The summed E-state index contributed by atoms with van der Waals surface area (Å²) in [6.07, 6.45) is 3.22. The average molecular weight is 465 g/mol. The van der Waals surface area contributed by atoms with E-state index in [9.17, 15) is 14.4 Å². The van der Waals surface area contributed by atoms with Crippen LogP contribution in [-0.2, 0) is 20.7 Å². The molecule has 0 aromatic heterocycles. The number of benzene rings is 2. The van der Waals surface area contributed by atoms with Gasteiger partial charge in [-0.1, -0.05) is 18.2 Å². The van der Waals surface area contributed by atoms with Crippen LogP contribution >= 0.6 is 0 Å². The van der Waals surface area contributed by atoms with Gasteiger partial charge in [0.25, 0.3) is 0 Å². The number of anilines is 1. The van der Waals surface area contributed by atoms with Crippen molar-refractivity contribution in [2.24, 2.45) is 0 Å². The van der Waals surface area contributed by atoms with Crippen LogP contribution in [0, 0.1) is 0 Å². The third-order valence-corrected chi connectivity index (χ3v) is 5.51. The fraction of sp³-hybridized carbons (Fsp3) is 0.370. The minimum atomic E-state index is -0.311. The molecule has 1 heterocycles. The highest BCUT2D eigenvalue weighted by molar-refractivity contribution is 6.09. The fourth-order valence-electron chi connectivity index (χ4n) is 3.97. The molecule has 0 unspecified atom stereocenters. The van der Waals surface area contributed by atoms with Crippen molar-refractivity contribution in [3.63, 3.8) is 0 Å². The molecule has 2 N–H and O–H groups in total. The Kier molecular flexibility index (Phi) is 8.10.